The number of ether oxygens (including phenoxy) is 1. The third-order valence-corrected chi connectivity index (χ3v) is 5.34. The number of phosphoric acid groups is 1. The molecule has 1 heterocycles. The van der Waals surface area contributed by atoms with Gasteiger partial charge in [0.05, 0.1) is 6.61 Å². The molecule has 3 rings (SSSR count). The molecule has 10 heteroatoms. The number of phosphoric ester groups is 1. The van der Waals surface area contributed by atoms with E-state index in [1.807, 2.05) is 0 Å². The van der Waals surface area contributed by atoms with Crippen LogP contribution in [0.5, 0.6) is 11.5 Å². The van der Waals surface area contributed by atoms with Gasteiger partial charge in [-0.15, -0.1) is 0 Å². The van der Waals surface area contributed by atoms with Gasteiger partial charge >= 0.3 is 7.82 Å². The van der Waals surface area contributed by atoms with Crippen LogP contribution < -0.4 is 9.05 Å². The van der Waals surface area contributed by atoms with E-state index in [-0.39, 0.29) is 11.5 Å². The molecule has 1 aliphatic heterocycles. The van der Waals surface area contributed by atoms with Crippen molar-refractivity contribution in [3.05, 3.63) is 60.7 Å². The predicted molar refractivity (Wildman–Crippen MR) is 96.6 cm³/mol. The van der Waals surface area contributed by atoms with Crippen LogP contribution in [0.15, 0.2) is 60.7 Å². The van der Waals surface area contributed by atoms with Gasteiger partial charge in [0.15, 0.2) is 6.29 Å². The van der Waals surface area contributed by atoms with Crippen LogP contribution in [0.3, 0.4) is 0 Å². The van der Waals surface area contributed by atoms with Crippen LogP contribution in [0, 0.1) is 0 Å². The lowest BCUT2D eigenvalue weighted by atomic mass is 10.00. The molecular formula is C18H21O9P. The standard InChI is InChI=1S/C18H21O9P/c19-15-14(25-18(22)17(21)16(15)20)11-24-28(23,26-12-7-3-1-4-8-12)27-13-9-5-2-6-10-13/h1-10,14-22H,11H2/t14-,15-,16+,17-,18+/m1/s1. The van der Waals surface area contributed by atoms with E-state index < -0.39 is 45.1 Å². The Kier molecular flexibility index (Phi) is 6.69. The lowest BCUT2D eigenvalue weighted by Gasteiger charge is -2.38. The highest BCUT2D eigenvalue weighted by Crippen LogP contribution is 2.50. The Morgan fingerprint density at radius 2 is 1.29 bits per heavy atom. The molecule has 9 nitrogen and oxygen atoms in total. The second-order valence-electron chi connectivity index (χ2n) is 6.09. The van der Waals surface area contributed by atoms with Gasteiger partial charge < -0.3 is 34.2 Å². The zero-order chi connectivity index (χ0) is 20.1. The highest BCUT2D eigenvalue weighted by atomic mass is 31.2. The van der Waals surface area contributed by atoms with Gasteiger partial charge in [0.25, 0.3) is 0 Å². The van der Waals surface area contributed by atoms with Crippen LogP contribution in [0.1, 0.15) is 0 Å². The van der Waals surface area contributed by atoms with Crippen LogP contribution in [0.4, 0.5) is 0 Å². The monoisotopic (exact) mass is 412 g/mol. The summed E-state index contributed by atoms with van der Waals surface area (Å²) in [7, 11) is -4.23. The van der Waals surface area contributed by atoms with Gasteiger partial charge in [-0.3, -0.25) is 4.52 Å². The Bertz CT molecular complexity index is 743. The number of hydrogen-bond donors (Lipinski definition) is 4. The summed E-state index contributed by atoms with van der Waals surface area (Å²) in [4.78, 5) is 0. The highest BCUT2D eigenvalue weighted by Gasteiger charge is 2.44. The number of aliphatic hydroxyl groups is 4. The Balaban J connectivity index is 1.74. The number of aliphatic hydroxyl groups excluding tert-OH is 4. The van der Waals surface area contributed by atoms with Crippen LogP contribution in [-0.4, -0.2) is 57.7 Å². The van der Waals surface area contributed by atoms with Crippen molar-refractivity contribution in [3.63, 3.8) is 0 Å². The van der Waals surface area contributed by atoms with Gasteiger partial charge in [0, 0.05) is 0 Å². The summed E-state index contributed by atoms with van der Waals surface area (Å²) in [6, 6.07) is 16.4. The molecule has 1 saturated heterocycles. The van der Waals surface area contributed by atoms with Crippen LogP contribution >= 0.6 is 7.82 Å². The van der Waals surface area contributed by atoms with E-state index in [2.05, 4.69) is 0 Å². The summed E-state index contributed by atoms with van der Waals surface area (Å²) in [5.41, 5.74) is 0. The molecule has 2 aromatic rings. The molecule has 5 atom stereocenters. The second-order valence-corrected chi connectivity index (χ2v) is 7.61. The number of rotatable bonds is 7. The van der Waals surface area contributed by atoms with Gasteiger partial charge in [-0.05, 0) is 24.3 Å². The lowest BCUT2D eigenvalue weighted by molar-refractivity contribution is -0.285. The topological polar surface area (TPSA) is 135 Å². The summed E-state index contributed by atoms with van der Waals surface area (Å²) in [5.74, 6) is 0.449. The minimum atomic E-state index is -4.23. The van der Waals surface area contributed by atoms with Gasteiger partial charge in [0.1, 0.15) is 35.9 Å². The van der Waals surface area contributed by atoms with Gasteiger partial charge in [-0.25, -0.2) is 4.57 Å². The maximum absolute atomic E-state index is 13.2. The van der Waals surface area contributed by atoms with E-state index in [0.717, 1.165) is 0 Å². The SMILES string of the molecule is O=P(OC[C@H]1O[C@H](O)[C@H](O)[C@@H](O)[C@@H]1O)(Oc1ccccc1)Oc1ccccc1. The van der Waals surface area contributed by atoms with Crippen LogP contribution in [0.25, 0.3) is 0 Å². The molecule has 0 aromatic heterocycles. The Hall–Kier alpha value is -1.97. The molecule has 0 aliphatic carbocycles. The quantitative estimate of drug-likeness (QED) is 0.493. The molecule has 0 saturated carbocycles. The van der Waals surface area contributed by atoms with Crippen molar-refractivity contribution in [3.8, 4) is 11.5 Å². The fourth-order valence-corrected chi connectivity index (χ4v) is 3.76. The van der Waals surface area contributed by atoms with Crippen molar-refractivity contribution in [2.75, 3.05) is 6.61 Å². The fourth-order valence-electron chi connectivity index (χ4n) is 2.53. The van der Waals surface area contributed by atoms with E-state index in [1.165, 1.54) is 0 Å². The molecule has 0 bridgehead atoms. The molecule has 1 aliphatic rings. The zero-order valence-electron chi connectivity index (χ0n) is 14.6. The molecule has 0 amide bonds. The fraction of sp³-hybridized carbons (Fsp3) is 0.333. The molecular weight excluding hydrogens is 391 g/mol. The van der Waals surface area contributed by atoms with Crippen LogP contribution in [-0.2, 0) is 13.8 Å². The van der Waals surface area contributed by atoms with Crippen molar-refractivity contribution >= 4 is 7.82 Å². The highest BCUT2D eigenvalue weighted by molar-refractivity contribution is 7.49. The molecule has 28 heavy (non-hydrogen) atoms. The second kappa shape index (κ2) is 9.02. The lowest BCUT2D eigenvalue weighted by Crippen LogP contribution is -2.58. The maximum atomic E-state index is 13.2. The molecule has 152 valence electrons. The van der Waals surface area contributed by atoms with Crippen molar-refractivity contribution in [2.24, 2.45) is 0 Å². The first-order valence-electron chi connectivity index (χ1n) is 8.49. The van der Waals surface area contributed by atoms with Crippen LogP contribution in [0.2, 0.25) is 0 Å². The largest absolute Gasteiger partial charge is 0.587 e. The van der Waals surface area contributed by atoms with E-state index >= 15 is 0 Å². The molecule has 0 unspecified atom stereocenters. The van der Waals surface area contributed by atoms with Crippen molar-refractivity contribution < 1.29 is 43.3 Å². The zero-order valence-corrected chi connectivity index (χ0v) is 15.5. The predicted octanol–water partition coefficient (Wildman–Crippen LogP) is 1.07. The van der Waals surface area contributed by atoms with Crippen molar-refractivity contribution in [1.29, 1.82) is 0 Å². The Morgan fingerprint density at radius 1 is 0.786 bits per heavy atom. The summed E-state index contributed by atoms with van der Waals surface area (Å²) < 4.78 is 34.3. The minimum absolute atomic E-state index is 0.224. The Morgan fingerprint density at radius 3 is 1.79 bits per heavy atom. The average Bonchev–Trinajstić information content (AvgIpc) is 2.69. The van der Waals surface area contributed by atoms with Gasteiger partial charge in [-0.1, -0.05) is 36.4 Å². The van der Waals surface area contributed by atoms with Crippen molar-refractivity contribution in [1.82, 2.24) is 0 Å². The van der Waals surface area contributed by atoms with E-state index in [1.54, 1.807) is 60.7 Å². The molecule has 0 spiro atoms. The summed E-state index contributed by atoms with van der Waals surface area (Å²) in [6.07, 6.45) is -7.95. The molecule has 2 aromatic carbocycles. The first-order valence-corrected chi connectivity index (χ1v) is 9.95. The third kappa shape index (κ3) is 5.09. The average molecular weight is 412 g/mol. The van der Waals surface area contributed by atoms with Gasteiger partial charge in [0.2, 0.25) is 0 Å². The first kappa shape index (κ1) is 20.8. The molecule has 4 N–H and O–H groups in total. The number of benzene rings is 2. The minimum Gasteiger partial charge on any atom is -0.395 e. The first-order chi connectivity index (χ1) is 13.4. The number of hydrogen-bond acceptors (Lipinski definition) is 9. The third-order valence-electron chi connectivity index (χ3n) is 4.00. The normalized spacial score (nSPS) is 27.9. The van der Waals surface area contributed by atoms with Crippen molar-refractivity contribution in [2.45, 2.75) is 30.7 Å². The summed E-state index contributed by atoms with van der Waals surface area (Å²) >= 11 is 0. The summed E-state index contributed by atoms with van der Waals surface area (Å²) in [6.45, 7) is -0.543. The summed E-state index contributed by atoms with van der Waals surface area (Å²) in [5, 5.41) is 38.9. The smallest absolute Gasteiger partial charge is 0.395 e. The maximum Gasteiger partial charge on any atom is 0.587 e. The Labute approximate surface area is 161 Å². The number of para-hydroxylation sites is 2. The van der Waals surface area contributed by atoms with Gasteiger partial charge in [-0.2, -0.15) is 0 Å². The molecule has 0 radical (unpaired) electrons. The van der Waals surface area contributed by atoms with E-state index in [9.17, 15) is 25.0 Å². The molecule has 1 fully saturated rings. The van der Waals surface area contributed by atoms with E-state index in [4.69, 9.17) is 18.3 Å². The van der Waals surface area contributed by atoms with E-state index in [0.29, 0.717) is 0 Å².